The molecule has 0 saturated carbocycles. The average Bonchev–Trinajstić information content (AvgIpc) is 2.68. The van der Waals surface area contributed by atoms with E-state index in [1.54, 1.807) is 12.1 Å². The molecule has 3 N–H and O–H groups in total. The summed E-state index contributed by atoms with van der Waals surface area (Å²) in [4.78, 5) is 47.7. The number of carbonyl (C=O) groups is 2. The maximum Gasteiger partial charge on any atom is 0.258 e. The van der Waals surface area contributed by atoms with E-state index in [0.717, 1.165) is 24.8 Å². The number of aromatic amines is 1. The van der Waals surface area contributed by atoms with Gasteiger partial charge in [0.05, 0.1) is 11.5 Å². The van der Waals surface area contributed by atoms with Gasteiger partial charge in [-0.1, -0.05) is 17.7 Å². The van der Waals surface area contributed by atoms with E-state index in [0.29, 0.717) is 11.6 Å². The second-order valence-corrected chi connectivity index (χ2v) is 8.35. The Balaban J connectivity index is 1.67. The quantitative estimate of drug-likeness (QED) is 0.723. The molecule has 30 heavy (non-hydrogen) atoms. The lowest BCUT2D eigenvalue weighted by Gasteiger charge is -2.39. The van der Waals surface area contributed by atoms with E-state index < -0.39 is 11.8 Å². The number of nitrogens with one attached hydrogen (secondary N) is 3. The summed E-state index contributed by atoms with van der Waals surface area (Å²) in [5.41, 5.74) is 1.52. The van der Waals surface area contributed by atoms with Gasteiger partial charge in [0.1, 0.15) is 5.82 Å². The molecule has 2 amide bonds. The standard InChI is InChI=1S/C22H27N5O3/c1-12-7-9-15(10-8-12)23-20(29)16-11-17(28)24-19-18(16)21(30)26-22(25-19)27-13(2)5-4-6-14(27)3/h7-10,13-14,16H,4-6,11H2,1-3H3,(H,23,29)(H2,24,25,26,28,30). The van der Waals surface area contributed by atoms with Gasteiger partial charge in [0.15, 0.2) is 0 Å². The van der Waals surface area contributed by atoms with E-state index in [4.69, 9.17) is 0 Å². The molecule has 2 aliphatic heterocycles. The Morgan fingerprint density at radius 3 is 2.47 bits per heavy atom. The topological polar surface area (TPSA) is 107 Å². The number of piperidine rings is 1. The van der Waals surface area contributed by atoms with Crippen LogP contribution in [0.5, 0.6) is 0 Å². The van der Waals surface area contributed by atoms with Crippen molar-refractivity contribution in [2.24, 2.45) is 0 Å². The second kappa shape index (κ2) is 7.93. The van der Waals surface area contributed by atoms with Crippen molar-refractivity contribution >= 4 is 29.3 Å². The highest BCUT2D eigenvalue weighted by Gasteiger charge is 2.36. The van der Waals surface area contributed by atoms with Crippen LogP contribution in [0.2, 0.25) is 0 Å². The molecule has 0 bridgehead atoms. The molecule has 0 radical (unpaired) electrons. The zero-order valence-electron chi connectivity index (χ0n) is 17.5. The van der Waals surface area contributed by atoms with E-state index >= 15 is 0 Å². The summed E-state index contributed by atoms with van der Waals surface area (Å²) in [6, 6.07) is 7.82. The van der Waals surface area contributed by atoms with Gasteiger partial charge in [-0.3, -0.25) is 19.4 Å². The molecule has 2 aromatic rings. The highest BCUT2D eigenvalue weighted by atomic mass is 16.2. The van der Waals surface area contributed by atoms with E-state index in [1.165, 1.54) is 0 Å². The molecule has 1 saturated heterocycles. The first kappa shape index (κ1) is 20.1. The molecule has 0 aliphatic carbocycles. The lowest BCUT2D eigenvalue weighted by Crippen LogP contribution is -2.46. The molecular formula is C22H27N5O3. The Labute approximate surface area is 175 Å². The molecule has 2 aliphatic rings. The molecule has 1 aromatic heterocycles. The van der Waals surface area contributed by atoms with E-state index in [9.17, 15) is 14.4 Å². The molecule has 8 heteroatoms. The fourth-order valence-electron chi connectivity index (χ4n) is 4.41. The zero-order chi connectivity index (χ0) is 21.4. The summed E-state index contributed by atoms with van der Waals surface area (Å²) in [7, 11) is 0. The number of aromatic nitrogens is 2. The summed E-state index contributed by atoms with van der Waals surface area (Å²) in [6.07, 6.45) is 3.06. The predicted octanol–water partition coefficient (Wildman–Crippen LogP) is 2.91. The Morgan fingerprint density at radius 1 is 1.13 bits per heavy atom. The normalized spacial score (nSPS) is 23.5. The lowest BCUT2D eigenvalue weighted by atomic mass is 9.92. The molecular weight excluding hydrogens is 382 g/mol. The first-order valence-electron chi connectivity index (χ1n) is 10.4. The number of nitrogens with zero attached hydrogens (tertiary/aromatic N) is 2. The third-order valence-electron chi connectivity index (χ3n) is 6.01. The van der Waals surface area contributed by atoms with Crippen LogP contribution in [0.25, 0.3) is 0 Å². The Kier molecular flexibility index (Phi) is 5.32. The Hall–Kier alpha value is -3.16. The largest absolute Gasteiger partial charge is 0.337 e. The van der Waals surface area contributed by atoms with E-state index in [2.05, 4.69) is 39.3 Å². The molecule has 3 heterocycles. The maximum atomic E-state index is 13.0. The third-order valence-corrected chi connectivity index (χ3v) is 6.01. The number of carbonyl (C=O) groups excluding carboxylic acids is 2. The van der Waals surface area contributed by atoms with Crippen LogP contribution in [0.15, 0.2) is 29.1 Å². The number of anilines is 3. The van der Waals surface area contributed by atoms with Crippen LogP contribution in [-0.2, 0) is 9.59 Å². The fourth-order valence-corrected chi connectivity index (χ4v) is 4.41. The van der Waals surface area contributed by atoms with Crippen molar-refractivity contribution in [3.8, 4) is 0 Å². The Bertz CT molecular complexity index is 1020. The van der Waals surface area contributed by atoms with Gasteiger partial charge in [-0.15, -0.1) is 0 Å². The van der Waals surface area contributed by atoms with Crippen molar-refractivity contribution in [3.63, 3.8) is 0 Å². The van der Waals surface area contributed by atoms with Crippen LogP contribution in [0.3, 0.4) is 0 Å². The van der Waals surface area contributed by atoms with Crippen molar-refractivity contribution in [2.75, 3.05) is 15.5 Å². The second-order valence-electron chi connectivity index (χ2n) is 8.35. The molecule has 158 valence electrons. The minimum absolute atomic E-state index is 0.0919. The van der Waals surface area contributed by atoms with Crippen LogP contribution >= 0.6 is 0 Å². The summed E-state index contributed by atoms with van der Waals surface area (Å²) < 4.78 is 0. The predicted molar refractivity (Wildman–Crippen MR) is 116 cm³/mol. The van der Waals surface area contributed by atoms with Gasteiger partial charge in [-0.25, -0.2) is 0 Å². The molecule has 3 atom stereocenters. The highest BCUT2D eigenvalue weighted by Crippen LogP contribution is 2.32. The minimum Gasteiger partial charge on any atom is -0.337 e. The first-order valence-corrected chi connectivity index (χ1v) is 10.4. The number of hydrogen-bond donors (Lipinski definition) is 3. The average molecular weight is 409 g/mol. The van der Waals surface area contributed by atoms with Gasteiger partial charge in [0, 0.05) is 24.2 Å². The smallest absolute Gasteiger partial charge is 0.258 e. The van der Waals surface area contributed by atoms with Gasteiger partial charge in [0.2, 0.25) is 17.8 Å². The first-order chi connectivity index (χ1) is 14.3. The molecule has 3 unspecified atom stereocenters. The van der Waals surface area contributed by atoms with Gasteiger partial charge in [0.25, 0.3) is 5.56 Å². The SMILES string of the molecule is Cc1ccc(NC(=O)C2CC(=O)Nc3nc(N4C(C)CCCC4C)[nH]c(=O)c32)cc1. The van der Waals surface area contributed by atoms with Crippen LogP contribution < -0.4 is 21.1 Å². The van der Waals surface area contributed by atoms with E-state index in [1.807, 2.05) is 19.1 Å². The molecule has 1 aromatic carbocycles. The van der Waals surface area contributed by atoms with Gasteiger partial charge >= 0.3 is 0 Å². The summed E-state index contributed by atoms with van der Waals surface area (Å²) in [5, 5.41) is 5.50. The number of aryl methyl sites for hydroxylation is 1. The molecule has 1 fully saturated rings. The molecule has 4 rings (SSSR count). The summed E-state index contributed by atoms with van der Waals surface area (Å²) in [5.74, 6) is -0.987. The molecule has 0 spiro atoms. The monoisotopic (exact) mass is 409 g/mol. The summed E-state index contributed by atoms with van der Waals surface area (Å²) >= 11 is 0. The molecule has 8 nitrogen and oxygen atoms in total. The van der Waals surface area contributed by atoms with Crippen molar-refractivity contribution in [2.45, 2.75) is 64.5 Å². The van der Waals surface area contributed by atoms with Crippen LogP contribution in [0.4, 0.5) is 17.5 Å². The minimum atomic E-state index is -0.892. The maximum absolute atomic E-state index is 13.0. The highest BCUT2D eigenvalue weighted by molar-refractivity contribution is 6.04. The van der Waals surface area contributed by atoms with Crippen LogP contribution in [-0.4, -0.2) is 33.9 Å². The van der Waals surface area contributed by atoms with Gasteiger partial charge in [-0.05, 0) is 52.2 Å². The number of hydrogen-bond acceptors (Lipinski definition) is 5. The number of rotatable bonds is 3. The zero-order valence-corrected chi connectivity index (χ0v) is 17.5. The van der Waals surface area contributed by atoms with Crippen molar-refractivity contribution < 1.29 is 9.59 Å². The van der Waals surface area contributed by atoms with Gasteiger partial charge in [-0.2, -0.15) is 4.98 Å². The van der Waals surface area contributed by atoms with Crippen LogP contribution in [0.1, 0.15) is 56.6 Å². The number of benzene rings is 1. The fraction of sp³-hybridized carbons (Fsp3) is 0.455. The number of H-pyrrole nitrogens is 1. The summed E-state index contributed by atoms with van der Waals surface area (Å²) in [6.45, 7) is 6.16. The Morgan fingerprint density at radius 2 is 1.80 bits per heavy atom. The number of fused-ring (bicyclic) bond motifs is 1. The van der Waals surface area contributed by atoms with Crippen molar-refractivity contribution in [1.82, 2.24) is 9.97 Å². The van der Waals surface area contributed by atoms with Crippen molar-refractivity contribution in [1.29, 1.82) is 0 Å². The van der Waals surface area contributed by atoms with Crippen LogP contribution in [0, 0.1) is 6.92 Å². The number of amides is 2. The lowest BCUT2D eigenvalue weighted by molar-refractivity contribution is -0.123. The van der Waals surface area contributed by atoms with Gasteiger partial charge < -0.3 is 15.5 Å². The van der Waals surface area contributed by atoms with E-state index in [-0.39, 0.29) is 41.4 Å². The third kappa shape index (κ3) is 3.81. The van der Waals surface area contributed by atoms with Crippen molar-refractivity contribution in [3.05, 3.63) is 45.7 Å².